The molecule has 0 radical (unpaired) electrons. The van der Waals surface area contributed by atoms with Crippen LogP contribution >= 0.6 is 15.9 Å². The number of anilines is 1. The van der Waals surface area contributed by atoms with Crippen molar-refractivity contribution in [1.29, 1.82) is 0 Å². The lowest BCUT2D eigenvalue weighted by Crippen LogP contribution is -2.30. The molecule has 1 aliphatic rings. The summed E-state index contributed by atoms with van der Waals surface area (Å²) in [4.78, 5) is 10.9. The van der Waals surface area contributed by atoms with Crippen LogP contribution in [-0.2, 0) is 0 Å². The molecule has 1 saturated carbocycles. The van der Waals surface area contributed by atoms with Crippen molar-refractivity contribution in [3.63, 3.8) is 0 Å². The molecule has 0 aromatic heterocycles. The van der Waals surface area contributed by atoms with Crippen molar-refractivity contribution >= 4 is 27.6 Å². The average Bonchev–Trinajstić information content (AvgIpc) is 2.36. The average molecular weight is 326 g/mol. The summed E-state index contributed by atoms with van der Waals surface area (Å²) in [6.45, 7) is 4.62. The van der Waals surface area contributed by atoms with Crippen LogP contribution in [0.3, 0.4) is 0 Å². The quantitative estimate of drug-likeness (QED) is 0.866. The van der Waals surface area contributed by atoms with Crippen LogP contribution in [0.1, 0.15) is 43.5 Å². The van der Waals surface area contributed by atoms with E-state index in [0.717, 1.165) is 22.0 Å². The maximum absolute atomic E-state index is 10.9. The second kappa shape index (κ2) is 5.95. The van der Waals surface area contributed by atoms with Gasteiger partial charge in [0.05, 0.1) is 5.56 Å². The minimum atomic E-state index is -0.896. The van der Waals surface area contributed by atoms with Gasteiger partial charge in [-0.05, 0) is 65.2 Å². The van der Waals surface area contributed by atoms with Crippen LogP contribution in [-0.4, -0.2) is 17.1 Å². The topological polar surface area (TPSA) is 49.3 Å². The lowest BCUT2D eigenvalue weighted by atomic mass is 9.79. The molecule has 0 spiro atoms. The Labute approximate surface area is 122 Å². The minimum absolute atomic E-state index is 0.308. The molecule has 2 N–H and O–H groups in total. The zero-order valence-electron chi connectivity index (χ0n) is 11.3. The van der Waals surface area contributed by atoms with Gasteiger partial charge in [0.2, 0.25) is 0 Å². The van der Waals surface area contributed by atoms with Crippen molar-refractivity contribution in [2.45, 2.75) is 39.2 Å². The second-order valence-corrected chi connectivity index (χ2v) is 6.46. The normalized spacial score (nSPS) is 27.0. The zero-order valence-corrected chi connectivity index (χ0v) is 12.9. The highest BCUT2D eigenvalue weighted by Crippen LogP contribution is 2.33. The fraction of sp³-hybridized carbons (Fsp3) is 0.533. The van der Waals surface area contributed by atoms with E-state index in [1.807, 2.05) is 6.07 Å². The number of halogens is 1. The molecule has 3 nitrogen and oxygen atoms in total. The van der Waals surface area contributed by atoms with E-state index in [2.05, 4.69) is 35.1 Å². The number of benzene rings is 1. The number of carbonyl (C=O) groups is 1. The summed E-state index contributed by atoms with van der Waals surface area (Å²) < 4.78 is 0.818. The maximum Gasteiger partial charge on any atom is 0.335 e. The van der Waals surface area contributed by atoms with E-state index in [1.165, 1.54) is 19.3 Å². The zero-order chi connectivity index (χ0) is 14.0. The van der Waals surface area contributed by atoms with Crippen molar-refractivity contribution < 1.29 is 9.90 Å². The SMILES string of the molecule is CC1CCC(Nc2ccc(C(=O)O)cc2Br)CC1C. The molecule has 0 bridgehead atoms. The van der Waals surface area contributed by atoms with Crippen molar-refractivity contribution in [1.82, 2.24) is 0 Å². The van der Waals surface area contributed by atoms with E-state index >= 15 is 0 Å². The highest BCUT2D eigenvalue weighted by atomic mass is 79.9. The fourth-order valence-corrected chi connectivity index (χ4v) is 3.16. The van der Waals surface area contributed by atoms with Crippen LogP contribution in [0.4, 0.5) is 5.69 Å². The number of rotatable bonds is 3. The number of hydrogen-bond acceptors (Lipinski definition) is 2. The van der Waals surface area contributed by atoms with E-state index in [-0.39, 0.29) is 0 Å². The molecule has 1 aliphatic carbocycles. The van der Waals surface area contributed by atoms with Crippen LogP contribution in [0.2, 0.25) is 0 Å². The summed E-state index contributed by atoms with van der Waals surface area (Å²) in [7, 11) is 0. The number of carboxylic acid groups (broad SMARTS) is 1. The molecule has 3 atom stereocenters. The van der Waals surface area contributed by atoms with Gasteiger partial charge < -0.3 is 10.4 Å². The van der Waals surface area contributed by atoms with Crippen molar-refractivity contribution in [2.75, 3.05) is 5.32 Å². The molecule has 2 rings (SSSR count). The van der Waals surface area contributed by atoms with Crippen LogP contribution in [0, 0.1) is 11.8 Å². The van der Waals surface area contributed by atoms with Gasteiger partial charge in [-0.1, -0.05) is 13.8 Å². The van der Waals surface area contributed by atoms with Gasteiger partial charge >= 0.3 is 5.97 Å². The Bertz CT molecular complexity index is 475. The van der Waals surface area contributed by atoms with Crippen molar-refractivity contribution in [3.05, 3.63) is 28.2 Å². The van der Waals surface area contributed by atoms with Crippen LogP contribution in [0.5, 0.6) is 0 Å². The first-order chi connectivity index (χ1) is 8.97. The lowest BCUT2D eigenvalue weighted by molar-refractivity contribution is 0.0697. The Morgan fingerprint density at radius 3 is 2.63 bits per heavy atom. The highest BCUT2D eigenvalue weighted by molar-refractivity contribution is 9.10. The molecule has 3 unspecified atom stereocenters. The van der Waals surface area contributed by atoms with E-state index in [9.17, 15) is 4.79 Å². The molecule has 4 heteroatoms. The van der Waals surface area contributed by atoms with Gasteiger partial charge in [-0.15, -0.1) is 0 Å². The molecule has 104 valence electrons. The first kappa shape index (κ1) is 14.4. The second-order valence-electron chi connectivity index (χ2n) is 5.61. The summed E-state index contributed by atoms with van der Waals surface area (Å²) >= 11 is 3.44. The first-order valence-corrected chi connectivity index (χ1v) is 7.56. The predicted molar refractivity (Wildman–Crippen MR) is 80.7 cm³/mol. The minimum Gasteiger partial charge on any atom is -0.478 e. The fourth-order valence-electron chi connectivity index (χ4n) is 2.66. The van der Waals surface area contributed by atoms with Gasteiger partial charge in [0, 0.05) is 16.2 Å². The molecular weight excluding hydrogens is 306 g/mol. The molecule has 1 aromatic rings. The van der Waals surface area contributed by atoms with Gasteiger partial charge in [0.25, 0.3) is 0 Å². The Balaban J connectivity index is 2.05. The van der Waals surface area contributed by atoms with Crippen LogP contribution in [0.25, 0.3) is 0 Å². The Kier molecular flexibility index (Phi) is 4.50. The number of nitrogens with one attached hydrogen (secondary N) is 1. The van der Waals surface area contributed by atoms with Gasteiger partial charge in [-0.3, -0.25) is 0 Å². The molecular formula is C15H20BrNO2. The number of hydrogen-bond donors (Lipinski definition) is 2. The number of aromatic carboxylic acids is 1. The predicted octanol–water partition coefficient (Wildman–Crippen LogP) is 4.38. The summed E-state index contributed by atoms with van der Waals surface area (Å²) in [5.41, 5.74) is 1.29. The largest absolute Gasteiger partial charge is 0.478 e. The Morgan fingerprint density at radius 1 is 1.32 bits per heavy atom. The lowest BCUT2D eigenvalue weighted by Gasteiger charge is -2.33. The third-order valence-electron chi connectivity index (χ3n) is 4.17. The summed E-state index contributed by atoms with van der Waals surface area (Å²) in [5, 5.41) is 12.5. The number of carboxylic acids is 1. The monoisotopic (exact) mass is 325 g/mol. The molecule has 19 heavy (non-hydrogen) atoms. The summed E-state index contributed by atoms with van der Waals surface area (Å²) in [6.07, 6.45) is 3.61. The molecule has 1 aromatic carbocycles. The summed E-state index contributed by atoms with van der Waals surface area (Å²) in [6, 6.07) is 5.62. The van der Waals surface area contributed by atoms with Gasteiger partial charge in [0.1, 0.15) is 0 Å². The van der Waals surface area contributed by atoms with E-state index in [0.29, 0.717) is 11.6 Å². The van der Waals surface area contributed by atoms with E-state index in [1.54, 1.807) is 12.1 Å². The first-order valence-electron chi connectivity index (χ1n) is 6.76. The van der Waals surface area contributed by atoms with Gasteiger partial charge in [-0.25, -0.2) is 4.79 Å². The molecule has 0 heterocycles. The maximum atomic E-state index is 10.9. The molecule has 1 fully saturated rings. The Morgan fingerprint density at radius 2 is 2.05 bits per heavy atom. The smallest absolute Gasteiger partial charge is 0.335 e. The van der Waals surface area contributed by atoms with Gasteiger partial charge in [0.15, 0.2) is 0 Å². The van der Waals surface area contributed by atoms with Crippen molar-refractivity contribution in [2.24, 2.45) is 11.8 Å². The molecule has 0 aliphatic heterocycles. The van der Waals surface area contributed by atoms with E-state index in [4.69, 9.17) is 5.11 Å². The van der Waals surface area contributed by atoms with Crippen LogP contribution in [0.15, 0.2) is 22.7 Å². The summed E-state index contributed by atoms with van der Waals surface area (Å²) in [5.74, 6) is 0.645. The van der Waals surface area contributed by atoms with Crippen molar-refractivity contribution in [3.8, 4) is 0 Å². The van der Waals surface area contributed by atoms with Crippen LogP contribution < -0.4 is 5.32 Å². The Hall–Kier alpha value is -1.03. The molecule has 0 saturated heterocycles. The van der Waals surface area contributed by atoms with E-state index < -0.39 is 5.97 Å². The highest BCUT2D eigenvalue weighted by Gasteiger charge is 2.24. The van der Waals surface area contributed by atoms with Gasteiger partial charge in [-0.2, -0.15) is 0 Å². The third kappa shape index (κ3) is 3.50. The third-order valence-corrected chi connectivity index (χ3v) is 4.83. The molecule has 0 amide bonds. The standard InChI is InChI=1S/C15H20BrNO2/c1-9-3-5-12(7-10(9)2)17-14-6-4-11(15(18)19)8-13(14)16/h4,6,8-10,12,17H,3,5,7H2,1-2H3,(H,18,19).